The van der Waals surface area contributed by atoms with Crippen LogP contribution in [-0.2, 0) is 4.79 Å². The van der Waals surface area contributed by atoms with Gasteiger partial charge in [-0.2, -0.15) is 0 Å². The molecule has 0 aliphatic heterocycles. The van der Waals surface area contributed by atoms with E-state index >= 15 is 0 Å². The molecule has 0 aromatic heterocycles. The zero-order chi connectivity index (χ0) is 15.6. The Bertz CT molecular complexity index is 201. The molecule has 0 aliphatic rings. The van der Waals surface area contributed by atoms with E-state index in [1.165, 1.54) is 64.2 Å². The molecule has 0 aliphatic carbocycles. The predicted molar refractivity (Wildman–Crippen MR) is 84.2 cm³/mol. The van der Waals surface area contributed by atoms with Crippen LogP contribution in [-0.4, -0.2) is 18.6 Å². The van der Waals surface area contributed by atoms with Crippen LogP contribution in [0.2, 0.25) is 0 Å². The number of unbranched alkanes of at least 4 members (excludes halogenated alkanes) is 9. The monoisotopic (exact) mass is 310 g/mol. The summed E-state index contributed by atoms with van der Waals surface area (Å²) in [6, 6.07) is 0.231. The van der Waals surface area contributed by atoms with Gasteiger partial charge in [0.05, 0.1) is 0 Å². The molecule has 21 heavy (non-hydrogen) atoms. The van der Waals surface area contributed by atoms with Gasteiger partial charge in [-0.05, 0) is 13.3 Å². The van der Waals surface area contributed by atoms with Crippen molar-refractivity contribution < 1.29 is 39.5 Å². The molecule has 1 unspecified atom stereocenters. The molecule has 0 rings (SSSR count). The molecule has 0 spiro atoms. The Kier molecular flexibility index (Phi) is 28.4. The maximum Gasteiger partial charge on any atom is 1.00 e. The summed E-state index contributed by atoms with van der Waals surface area (Å²) in [5.41, 5.74) is 11.2. The average molecular weight is 310 g/mol. The molecule has 0 saturated carbocycles. The van der Waals surface area contributed by atoms with Gasteiger partial charge in [-0.1, -0.05) is 71.1 Å². The fourth-order valence-electron chi connectivity index (χ4n) is 2.01. The van der Waals surface area contributed by atoms with Gasteiger partial charge in [-0.25, -0.2) is 0 Å². The van der Waals surface area contributed by atoms with Crippen molar-refractivity contribution in [3.8, 4) is 0 Å². The Hall–Kier alpha value is 0.390. The van der Waals surface area contributed by atoms with E-state index in [1.54, 1.807) is 0 Å². The van der Waals surface area contributed by atoms with E-state index in [2.05, 4.69) is 6.92 Å². The van der Waals surface area contributed by atoms with E-state index < -0.39 is 5.97 Å². The Morgan fingerprint density at radius 3 is 1.62 bits per heavy atom. The number of rotatable bonds is 12. The standard InChI is InChI=1S/C14H32N2.C2H4O2.Na/c1-2-3-4-5-6-7-8-9-10-11-12-14(16)13-15;1-2(3)4;/h14H,2-13,15-16H2,1H3;1H3,(H,3,4);/q;;+1/p-1. The second-order valence-electron chi connectivity index (χ2n) is 5.46. The van der Waals surface area contributed by atoms with Gasteiger partial charge in [0, 0.05) is 18.6 Å². The van der Waals surface area contributed by atoms with Gasteiger partial charge in [0.1, 0.15) is 0 Å². The first-order valence-electron chi connectivity index (χ1n) is 8.17. The average Bonchev–Trinajstić information content (AvgIpc) is 2.40. The molecule has 4 nitrogen and oxygen atoms in total. The molecular weight excluding hydrogens is 275 g/mol. The van der Waals surface area contributed by atoms with Gasteiger partial charge in [0.25, 0.3) is 0 Å². The van der Waals surface area contributed by atoms with Crippen LogP contribution < -0.4 is 46.1 Å². The molecular formula is C16H35N2NaO2. The molecule has 0 heterocycles. The van der Waals surface area contributed by atoms with E-state index in [9.17, 15) is 0 Å². The van der Waals surface area contributed by atoms with E-state index in [0.29, 0.717) is 6.54 Å². The fourth-order valence-corrected chi connectivity index (χ4v) is 2.01. The predicted octanol–water partition coefficient (Wildman–Crippen LogP) is -0.656. The van der Waals surface area contributed by atoms with Gasteiger partial charge in [0.2, 0.25) is 0 Å². The molecule has 1 atom stereocenters. The minimum Gasteiger partial charge on any atom is -0.550 e. The topological polar surface area (TPSA) is 92.2 Å². The maximum absolute atomic E-state index is 8.89. The summed E-state index contributed by atoms with van der Waals surface area (Å²) in [5, 5.41) is 8.89. The third-order valence-electron chi connectivity index (χ3n) is 3.23. The Morgan fingerprint density at radius 2 is 1.29 bits per heavy atom. The zero-order valence-corrected chi connectivity index (χ0v) is 16.5. The number of carbonyl (C=O) groups is 1. The molecule has 0 saturated heterocycles. The molecule has 0 aromatic carbocycles. The quantitative estimate of drug-likeness (QED) is 0.370. The first-order chi connectivity index (χ1) is 9.54. The summed E-state index contributed by atoms with van der Waals surface area (Å²) in [6.07, 6.45) is 15.0. The minimum absolute atomic E-state index is 0. The number of hydrogen-bond donors (Lipinski definition) is 2. The van der Waals surface area contributed by atoms with Gasteiger partial charge in [0.15, 0.2) is 0 Å². The van der Waals surface area contributed by atoms with Gasteiger partial charge in [-0.3, -0.25) is 0 Å². The molecule has 0 aromatic rings. The summed E-state index contributed by atoms with van der Waals surface area (Å²) < 4.78 is 0. The van der Waals surface area contributed by atoms with E-state index in [0.717, 1.165) is 13.3 Å². The number of carboxylic acid groups (broad SMARTS) is 1. The van der Waals surface area contributed by atoms with Crippen molar-refractivity contribution in [3.05, 3.63) is 0 Å². The van der Waals surface area contributed by atoms with Gasteiger partial charge >= 0.3 is 29.6 Å². The smallest absolute Gasteiger partial charge is 0.550 e. The van der Waals surface area contributed by atoms with Gasteiger partial charge in [-0.15, -0.1) is 0 Å². The van der Waals surface area contributed by atoms with Gasteiger partial charge < -0.3 is 21.4 Å². The zero-order valence-electron chi connectivity index (χ0n) is 14.5. The Labute approximate surface area is 153 Å². The molecule has 122 valence electrons. The third-order valence-corrected chi connectivity index (χ3v) is 3.23. The normalized spacial score (nSPS) is 11.0. The number of carbonyl (C=O) groups excluding carboxylic acids is 1. The molecule has 4 N–H and O–H groups in total. The SMILES string of the molecule is CC(=O)[O-].CCCCCCCCCCCCC(N)CN.[Na+]. The van der Waals surface area contributed by atoms with Crippen molar-refractivity contribution in [2.45, 2.75) is 90.5 Å². The van der Waals surface area contributed by atoms with Crippen LogP contribution in [0.15, 0.2) is 0 Å². The first kappa shape index (κ1) is 26.3. The maximum atomic E-state index is 8.89. The number of nitrogens with two attached hydrogens (primary N) is 2. The van der Waals surface area contributed by atoms with Crippen LogP contribution in [0.5, 0.6) is 0 Å². The van der Waals surface area contributed by atoms with E-state index in [-0.39, 0.29) is 35.6 Å². The van der Waals surface area contributed by atoms with E-state index in [4.69, 9.17) is 21.4 Å². The molecule has 0 radical (unpaired) electrons. The van der Waals surface area contributed by atoms with Crippen molar-refractivity contribution in [1.29, 1.82) is 0 Å². The molecule has 5 heteroatoms. The Balaban J connectivity index is -0.000000572. The summed E-state index contributed by atoms with van der Waals surface area (Å²) in [7, 11) is 0. The van der Waals surface area contributed by atoms with Crippen molar-refractivity contribution in [2.75, 3.05) is 6.54 Å². The third kappa shape index (κ3) is 33.3. The summed E-state index contributed by atoms with van der Waals surface area (Å²) in [5.74, 6) is -1.08. The van der Waals surface area contributed by atoms with Crippen LogP contribution in [0.25, 0.3) is 0 Å². The number of hydrogen-bond acceptors (Lipinski definition) is 4. The second-order valence-corrected chi connectivity index (χ2v) is 5.46. The van der Waals surface area contributed by atoms with Crippen LogP contribution in [0, 0.1) is 0 Å². The van der Waals surface area contributed by atoms with Crippen LogP contribution >= 0.6 is 0 Å². The van der Waals surface area contributed by atoms with Crippen molar-refractivity contribution in [1.82, 2.24) is 0 Å². The molecule has 0 bridgehead atoms. The fraction of sp³-hybridized carbons (Fsp3) is 0.938. The number of carboxylic acids is 1. The summed E-state index contributed by atoms with van der Waals surface area (Å²) in [6.45, 7) is 3.88. The van der Waals surface area contributed by atoms with Crippen molar-refractivity contribution in [2.24, 2.45) is 11.5 Å². The Morgan fingerprint density at radius 1 is 0.952 bits per heavy atom. The van der Waals surface area contributed by atoms with Crippen molar-refractivity contribution in [3.63, 3.8) is 0 Å². The summed E-state index contributed by atoms with van der Waals surface area (Å²) >= 11 is 0. The molecule has 0 amide bonds. The number of aliphatic carboxylic acids is 1. The van der Waals surface area contributed by atoms with Crippen LogP contribution in [0.4, 0.5) is 0 Å². The first-order valence-corrected chi connectivity index (χ1v) is 8.17. The largest absolute Gasteiger partial charge is 1.00 e. The van der Waals surface area contributed by atoms with Crippen LogP contribution in [0.3, 0.4) is 0 Å². The van der Waals surface area contributed by atoms with Crippen LogP contribution in [0.1, 0.15) is 84.5 Å². The minimum atomic E-state index is -1.08. The van der Waals surface area contributed by atoms with Crippen molar-refractivity contribution >= 4 is 5.97 Å². The molecule has 0 fully saturated rings. The summed E-state index contributed by atoms with van der Waals surface area (Å²) in [4.78, 5) is 8.89. The second kappa shape index (κ2) is 22.7. The van der Waals surface area contributed by atoms with E-state index in [1.807, 2.05) is 0 Å².